The standard InChI is InChI=1S/C12H23NO3/c1-12(2,3)16-11(15)13-7-4-5-10(9-14)6-8-13/h10,14H,4-9H2,1-3H3/t10-/m0/s1. The van der Waals surface area contributed by atoms with Crippen molar-refractivity contribution in [3.63, 3.8) is 0 Å². The molecule has 4 nitrogen and oxygen atoms in total. The average molecular weight is 229 g/mol. The molecule has 0 bridgehead atoms. The van der Waals surface area contributed by atoms with E-state index in [1.807, 2.05) is 20.8 Å². The van der Waals surface area contributed by atoms with Gasteiger partial charge in [-0.2, -0.15) is 0 Å². The molecule has 0 spiro atoms. The highest BCUT2D eigenvalue weighted by atomic mass is 16.6. The first-order valence-corrected chi connectivity index (χ1v) is 6.01. The van der Waals surface area contributed by atoms with Crippen LogP contribution in [-0.2, 0) is 4.74 Å². The highest BCUT2D eigenvalue weighted by molar-refractivity contribution is 5.68. The molecule has 0 aliphatic carbocycles. The number of aliphatic hydroxyl groups is 1. The molecule has 0 radical (unpaired) electrons. The van der Waals surface area contributed by atoms with Crippen molar-refractivity contribution in [3.05, 3.63) is 0 Å². The number of ether oxygens (including phenoxy) is 1. The quantitative estimate of drug-likeness (QED) is 0.748. The third-order valence-corrected chi connectivity index (χ3v) is 2.76. The number of aliphatic hydroxyl groups excluding tert-OH is 1. The molecule has 4 heteroatoms. The van der Waals surface area contributed by atoms with Gasteiger partial charge >= 0.3 is 6.09 Å². The Hall–Kier alpha value is -0.770. The van der Waals surface area contributed by atoms with E-state index in [9.17, 15) is 4.79 Å². The van der Waals surface area contributed by atoms with Gasteiger partial charge in [0.15, 0.2) is 0 Å². The Morgan fingerprint density at radius 1 is 1.38 bits per heavy atom. The fourth-order valence-corrected chi connectivity index (χ4v) is 1.86. The summed E-state index contributed by atoms with van der Waals surface area (Å²) < 4.78 is 5.33. The SMILES string of the molecule is CC(C)(C)OC(=O)N1CCC[C@H](CO)CC1. The zero-order valence-corrected chi connectivity index (χ0v) is 10.5. The van der Waals surface area contributed by atoms with E-state index in [0.717, 1.165) is 25.8 Å². The second-order valence-electron chi connectivity index (χ2n) is 5.45. The van der Waals surface area contributed by atoms with Gasteiger partial charge in [-0.25, -0.2) is 4.79 Å². The van der Waals surface area contributed by atoms with Crippen LogP contribution >= 0.6 is 0 Å². The van der Waals surface area contributed by atoms with Crippen molar-refractivity contribution in [3.8, 4) is 0 Å². The third kappa shape index (κ3) is 4.39. The summed E-state index contributed by atoms with van der Waals surface area (Å²) in [6, 6.07) is 0. The van der Waals surface area contributed by atoms with Gasteiger partial charge in [0.1, 0.15) is 5.60 Å². The normalized spacial score (nSPS) is 22.8. The fraction of sp³-hybridized carbons (Fsp3) is 0.917. The van der Waals surface area contributed by atoms with E-state index in [2.05, 4.69) is 0 Å². The molecule has 16 heavy (non-hydrogen) atoms. The lowest BCUT2D eigenvalue weighted by molar-refractivity contribution is 0.0253. The number of hydrogen-bond acceptors (Lipinski definition) is 3. The molecule has 0 aromatic rings. The first-order chi connectivity index (χ1) is 7.42. The highest BCUT2D eigenvalue weighted by Gasteiger charge is 2.24. The van der Waals surface area contributed by atoms with Crippen molar-refractivity contribution in [2.45, 2.75) is 45.6 Å². The Morgan fingerprint density at radius 2 is 2.06 bits per heavy atom. The Balaban J connectivity index is 2.45. The summed E-state index contributed by atoms with van der Waals surface area (Å²) in [4.78, 5) is 13.6. The predicted octanol–water partition coefficient (Wildman–Crippen LogP) is 2.02. The molecule has 1 heterocycles. The van der Waals surface area contributed by atoms with Crippen LogP contribution in [0.1, 0.15) is 40.0 Å². The summed E-state index contributed by atoms with van der Waals surface area (Å²) in [6.45, 7) is 7.28. The highest BCUT2D eigenvalue weighted by Crippen LogP contribution is 2.18. The lowest BCUT2D eigenvalue weighted by Crippen LogP contribution is -2.37. The van der Waals surface area contributed by atoms with Crippen LogP contribution in [0.4, 0.5) is 4.79 Å². The number of rotatable bonds is 1. The molecular weight excluding hydrogens is 206 g/mol. The molecular formula is C12H23NO3. The maximum absolute atomic E-state index is 11.8. The van der Waals surface area contributed by atoms with Gasteiger partial charge in [-0.15, -0.1) is 0 Å². The van der Waals surface area contributed by atoms with Crippen LogP contribution in [0.5, 0.6) is 0 Å². The zero-order valence-electron chi connectivity index (χ0n) is 10.5. The Kier molecular flexibility index (Phi) is 4.59. The van der Waals surface area contributed by atoms with Gasteiger partial charge in [0.05, 0.1) is 0 Å². The Bertz CT molecular complexity index is 235. The summed E-state index contributed by atoms with van der Waals surface area (Å²) in [7, 11) is 0. The predicted molar refractivity (Wildman–Crippen MR) is 62.2 cm³/mol. The Labute approximate surface area is 97.6 Å². The molecule has 0 saturated carbocycles. The lowest BCUT2D eigenvalue weighted by atomic mass is 10.0. The van der Waals surface area contributed by atoms with Gasteiger partial charge in [-0.05, 0) is 46.0 Å². The minimum absolute atomic E-state index is 0.224. The van der Waals surface area contributed by atoms with E-state index in [0.29, 0.717) is 12.5 Å². The zero-order chi connectivity index (χ0) is 12.2. The molecule has 1 amide bonds. The van der Waals surface area contributed by atoms with Crippen molar-refractivity contribution >= 4 is 6.09 Å². The maximum Gasteiger partial charge on any atom is 0.410 e. The van der Waals surface area contributed by atoms with Crippen molar-refractivity contribution in [1.82, 2.24) is 4.90 Å². The maximum atomic E-state index is 11.8. The smallest absolute Gasteiger partial charge is 0.410 e. The van der Waals surface area contributed by atoms with Gasteiger partial charge in [0.25, 0.3) is 0 Å². The summed E-state index contributed by atoms with van der Waals surface area (Å²) in [5.74, 6) is 0.340. The second-order valence-corrected chi connectivity index (χ2v) is 5.45. The number of carbonyl (C=O) groups is 1. The third-order valence-electron chi connectivity index (χ3n) is 2.76. The molecule has 0 unspecified atom stereocenters. The van der Waals surface area contributed by atoms with Crippen LogP contribution in [0.3, 0.4) is 0 Å². The minimum atomic E-state index is -0.431. The van der Waals surface area contributed by atoms with Crippen LogP contribution in [0.2, 0.25) is 0 Å². The number of hydrogen-bond donors (Lipinski definition) is 1. The monoisotopic (exact) mass is 229 g/mol. The molecule has 1 fully saturated rings. The van der Waals surface area contributed by atoms with Gasteiger partial charge in [-0.1, -0.05) is 0 Å². The largest absolute Gasteiger partial charge is 0.444 e. The van der Waals surface area contributed by atoms with E-state index < -0.39 is 5.60 Å². The van der Waals surface area contributed by atoms with Crippen molar-refractivity contribution in [2.24, 2.45) is 5.92 Å². The molecule has 1 N–H and O–H groups in total. The van der Waals surface area contributed by atoms with E-state index in [-0.39, 0.29) is 12.7 Å². The van der Waals surface area contributed by atoms with Crippen LogP contribution in [0.25, 0.3) is 0 Å². The van der Waals surface area contributed by atoms with Crippen molar-refractivity contribution < 1.29 is 14.6 Å². The van der Waals surface area contributed by atoms with E-state index in [4.69, 9.17) is 9.84 Å². The van der Waals surface area contributed by atoms with Crippen LogP contribution < -0.4 is 0 Å². The van der Waals surface area contributed by atoms with Crippen LogP contribution in [0, 0.1) is 5.92 Å². The lowest BCUT2D eigenvalue weighted by Gasteiger charge is -2.26. The number of nitrogens with zero attached hydrogens (tertiary/aromatic N) is 1. The molecule has 1 aliphatic rings. The fourth-order valence-electron chi connectivity index (χ4n) is 1.86. The summed E-state index contributed by atoms with van der Waals surface area (Å²) in [5, 5.41) is 9.09. The van der Waals surface area contributed by atoms with Gasteiger partial charge in [0.2, 0.25) is 0 Å². The summed E-state index contributed by atoms with van der Waals surface area (Å²) >= 11 is 0. The minimum Gasteiger partial charge on any atom is -0.444 e. The number of likely N-dealkylation sites (tertiary alicyclic amines) is 1. The van der Waals surface area contributed by atoms with Gasteiger partial charge in [0, 0.05) is 19.7 Å². The number of amides is 1. The molecule has 94 valence electrons. The van der Waals surface area contributed by atoms with E-state index >= 15 is 0 Å². The van der Waals surface area contributed by atoms with Gasteiger partial charge in [-0.3, -0.25) is 0 Å². The van der Waals surface area contributed by atoms with Crippen molar-refractivity contribution in [1.29, 1.82) is 0 Å². The Morgan fingerprint density at radius 3 is 2.62 bits per heavy atom. The first kappa shape index (κ1) is 13.3. The van der Waals surface area contributed by atoms with Crippen LogP contribution in [-0.4, -0.2) is 41.4 Å². The molecule has 1 aliphatic heterocycles. The first-order valence-electron chi connectivity index (χ1n) is 6.01. The molecule has 0 aromatic carbocycles. The summed E-state index contributed by atoms with van der Waals surface area (Å²) in [5.41, 5.74) is -0.431. The summed E-state index contributed by atoms with van der Waals surface area (Å²) in [6.07, 6.45) is 2.59. The van der Waals surface area contributed by atoms with E-state index in [1.54, 1.807) is 4.90 Å². The van der Waals surface area contributed by atoms with E-state index in [1.165, 1.54) is 0 Å². The average Bonchev–Trinajstić information content (AvgIpc) is 2.39. The number of carbonyl (C=O) groups excluding carboxylic acids is 1. The van der Waals surface area contributed by atoms with Gasteiger partial charge < -0.3 is 14.7 Å². The topological polar surface area (TPSA) is 49.8 Å². The molecule has 1 saturated heterocycles. The molecule has 0 aromatic heterocycles. The van der Waals surface area contributed by atoms with Crippen molar-refractivity contribution in [2.75, 3.05) is 19.7 Å². The molecule has 1 atom stereocenters. The second kappa shape index (κ2) is 5.53. The van der Waals surface area contributed by atoms with Crippen LogP contribution in [0.15, 0.2) is 0 Å². The molecule has 1 rings (SSSR count).